The lowest BCUT2D eigenvalue weighted by Gasteiger charge is -2.41. The molecule has 0 fully saturated rings. The number of alkyl halides is 3. The zero-order valence-electron chi connectivity index (χ0n) is 18.8. The Morgan fingerprint density at radius 2 is 1.29 bits per heavy atom. The first-order valence-electron chi connectivity index (χ1n) is 10.5. The quantitative estimate of drug-likeness (QED) is 0.527. The molecule has 0 aliphatic heterocycles. The van der Waals surface area contributed by atoms with E-state index in [4.69, 9.17) is 0 Å². The average molecular weight is 455 g/mol. The van der Waals surface area contributed by atoms with Crippen LogP contribution in [0.5, 0.6) is 0 Å². The van der Waals surface area contributed by atoms with Gasteiger partial charge in [0.15, 0.2) is 0 Å². The van der Waals surface area contributed by atoms with E-state index >= 15 is 0 Å². The number of rotatable bonds is 9. The maximum Gasteiger partial charge on any atom is 0.406 e. The molecule has 0 aliphatic rings. The number of benzene rings is 2. The molecule has 0 spiro atoms. The summed E-state index contributed by atoms with van der Waals surface area (Å²) in [5.41, 5.74) is 1.86. The van der Waals surface area contributed by atoms with E-state index in [-0.39, 0.29) is 5.92 Å². The molecule has 2 rings (SSSR count). The van der Waals surface area contributed by atoms with Crippen LogP contribution < -0.4 is 4.72 Å². The Bertz CT molecular complexity index is 779. The topological polar surface area (TPSA) is 32.3 Å². The standard InChI is InChI=1S/C24H33F3N2OS/c1-18(2)21(22(24(25,26)27)28-31(30)23(3,4)5)29(16-19-12-8-6-9-13-19)17-20-14-10-7-11-15-20/h6-15,18,21-22,28H,16-17H2,1-5H3/t21-,22-,31+/m0/s1. The van der Waals surface area contributed by atoms with Gasteiger partial charge in [0.1, 0.15) is 6.04 Å². The van der Waals surface area contributed by atoms with Crippen molar-refractivity contribution in [2.24, 2.45) is 5.92 Å². The predicted octanol–water partition coefficient (Wildman–Crippen LogP) is 5.70. The van der Waals surface area contributed by atoms with Crippen molar-refractivity contribution in [1.29, 1.82) is 0 Å². The number of hydrogen-bond acceptors (Lipinski definition) is 2. The van der Waals surface area contributed by atoms with E-state index in [1.54, 1.807) is 34.6 Å². The Kier molecular flexibility index (Phi) is 8.86. The van der Waals surface area contributed by atoms with Crippen LogP contribution >= 0.6 is 0 Å². The van der Waals surface area contributed by atoms with Crippen molar-refractivity contribution in [1.82, 2.24) is 9.62 Å². The normalized spacial score (nSPS) is 15.8. The molecule has 0 radical (unpaired) electrons. The lowest BCUT2D eigenvalue weighted by Crippen LogP contribution is -2.60. The Morgan fingerprint density at radius 3 is 1.61 bits per heavy atom. The predicted molar refractivity (Wildman–Crippen MR) is 122 cm³/mol. The van der Waals surface area contributed by atoms with Crippen LogP contribution in [-0.4, -0.2) is 32.1 Å². The minimum atomic E-state index is -4.55. The number of nitrogens with one attached hydrogen (secondary N) is 1. The van der Waals surface area contributed by atoms with Crippen LogP contribution in [0.1, 0.15) is 45.7 Å². The fourth-order valence-electron chi connectivity index (χ4n) is 3.54. The molecule has 0 aliphatic carbocycles. The van der Waals surface area contributed by atoms with E-state index < -0.39 is 34.0 Å². The van der Waals surface area contributed by atoms with E-state index in [9.17, 15) is 17.4 Å². The molecule has 3 nitrogen and oxygen atoms in total. The smallest absolute Gasteiger partial charge is 0.290 e. The molecule has 3 atom stereocenters. The molecular weight excluding hydrogens is 421 g/mol. The second-order valence-electron chi connectivity index (χ2n) is 9.13. The van der Waals surface area contributed by atoms with Gasteiger partial charge < -0.3 is 0 Å². The van der Waals surface area contributed by atoms with Crippen molar-refractivity contribution < 1.29 is 17.4 Å². The molecule has 7 heteroatoms. The number of hydrogen-bond donors (Lipinski definition) is 1. The summed E-state index contributed by atoms with van der Waals surface area (Å²) in [4.78, 5) is 1.85. The third kappa shape index (κ3) is 7.74. The van der Waals surface area contributed by atoms with Crippen LogP contribution in [0.4, 0.5) is 13.2 Å². The highest BCUT2D eigenvalue weighted by Gasteiger charge is 2.49. The molecule has 0 heterocycles. The van der Waals surface area contributed by atoms with Crippen molar-refractivity contribution in [2.75, 3.05) is 0 Å². The summed E-state index contributed by atoms with van der Waals surface area (Å²) in [5, 5.41) is 0. The fraction of sp³-hybridized carbons (Fsp3) is 0.500. The van der Waals surface area contributed by atoms with Gasteiger partial charge >= 0.3 is 6.18 Å². The third-order valence-corrected chi connectivity index (χ3v) is 6.63. The molecule has 0 saturated carbocycles. The molecule has 0 bridgehead atoms. The molecule has 0 saturated heterocycles. The van der Waals surface area contributed by atoms with Crippen molar-refractivity contribution in [2.45, 2.75) is 70.7 Å². The zero-order chi connectivity index (χ0) is 23.2. The van der Waals surface area contributed by atoms with Crippen LogP contribution in [0.3, 0.4) is 0 Å². The van der Waals surface area contributed by atoms with Gasteiger partial charge in [0.05, 0.1) is 15.7 Å². The highest BCUT2D eigenvalue weighted by atomic mass is 32.2. The van der Waals surface area contributed by atoms with E-state index in [0.29, 0.717) is 13.1 Å². The summed E-state index contributed by atoms with van der Waals surface area (Å²) in [5.74, 6) is -0.330. The highest BCUT2D eigenvalue weighted by molar-refractivity contribution is 7.84. The van der Waals surface area contributed by atoms with Crippen LogP contribution in [-0.2, 0) is 24.1 Å². The summed E-state index contributed by atoms with van der Waals surface area (Å²) in [6, 6.07) is 16.1. The average Bonchev–Trinajstić information content (AvgIpc) is 2.67. The second kappa shape index (κ2) is 10.7. The largest absolute Gasteiger partial charge is 0.406 e. The maximum absolute atomic E-state index is 14.3. The number of nitrogens with zero attached hydrogens (tertiary/aromatic N) is 1. The van der Waals surface area contributed by atoms with Crippen molar-refractivity contribution >= 4 is 11.0 Å². The molecule has 2 aromatic carbocycles. The van der Waals surface area contributed by atoms with Crippen LogP contribution in [0.15, 0.2) is 60.7 Å². The fourth-order valence-corrected chi connectivity index (χ4v) is 4.40. The zero-order valence-corrected chi connectivity index (χ0v) is 19.6. The molecule has 0 unspecified atom stereocenters. The molecule has 0 amide bonds. The first-order chi connectivity index (χ1) is 14.4. The minimum Gasteiger partial charge on any atom is -0.290 e. The van der Waals surface area contributed by atoms with Crippen LogP contribution in [0, 0.1) is 5.92 Å². The van der Waals surface area contributed by atoms with Gasteiger partial charge in [-0.1, -0.05) is 74.5 Å². The van der Waals surface area contributed by atoms with Gasteiger partial charge in [-0.05, 0) is 37.8 Å². The molecular formula is C24H33F3N2OS. The lowest BCUT2D eigenvalue weighted by atomic mass is 9.93. The summed E-state index contributed by atoms with van der Waals surface area (Å²) in [7, 11) is -1.86. The molecule has 31 heavy (non-hydrogen) atoms. The maximum atomic E-state index is 14.3. The van der Waals surface area contributed by atoms with E-state index in [0.717, 1.165) is 11.1 Å². The second-order valence-corrected chi connectivity index (χ2v) is 11.1. The summed E-state index contributed by atoms with van der Waals surface area (Å²) >= 11 is 0. The van der Waals surface area contributed by atoms with E-state index in [2.05, 4.69) is 4.72 Å². The van der Waals surface area contributed by atoms with Crippen molar-refractivity contribution in [3.8, 4) is 0 Å². The summed E-state index contributed by atoms with van der Waals surface area (Å²) in [6.45, 7) is 9.28. The highest BCUT2D eigenvalue weighted by Crippen LogP contribution is 2.32. The van der Waals surface area contributed by atoms with Gasteiger partial charge in [0, 0.05) is 19.1 Å². The van der Waals surface area contributed by atoms with Crippen LogP contribution in [0.25, 0.3) is 0 Å². The third-order valence-electron chi connectivity index (χ3n) is 5.05. The SMILES string of the molecule is CC(C)[C@@H]([C@H](N[S@](=O)C(C)(C)C)C(F)(F)F)N(Cc1ccccc1)Cc1ccccc1. The molecule has 1 N–H and O–H groups in total. The lowest BCUT2D eigenvalue weighted by molar-refractivity contribution is -0.171. The Balaban J connectivity index is 2.47. The van der Waals surface area contributed by atoms with Gasteiger partial charge in [-0.15, -0.1) is 0 Å². The number of halogens is 3. The molecule has 0 aromatic heterocycles. The van der Waals surface area contributed by atoms with Gasteiger partial charge in [-0.3, -0.25) is 4.90 Å². The van der Waals surface area contributed by atoms with Crippen molar-refractivity contribution in [3.63, 3.8) is 0 Å². The van der Waals surface area contributed by atoms with Gasteiger partial charge in [0.2, 0.25) is 0 Å². The molecule has 172 valence electrons. The Hall–Kier alpha value is -1.70. The van der Waals surface area contributed by atoms with E-state index in [1.165, 1.54) is 0 Å². The minimum absolute atomic E-state index is 0.330. The van der Waals surface area contributed by atoms with Crippen LogP contribution in [0.2, 0.25) is 0 Å². The van der Waals surface area contributed by atoms with Gasteiger partial charge in [-0.2, -0.15) is 13.2 Å². The molecule has 2 aromatic rings. The Morgan fingerprint density at radius 1 is 0.871 bits per heavy atom. The van der Waals surface area contributed by atoms with E-state index in [1.807, 2.05) is 65.6 Å². The Labute approximate surface area is 186 Å². The van der Waals surface area contributed by atoms with Gasteiger partial charge in [0.25, 0.3) is 0 Å². The first-order valence-corrected chi connectivity index (χ1v) is 11.6. The first kappa shape index (κ1) is 25.6. The van der Waals surface area contributed by atoms with Crippen molar-refractivity contribution in [3.05, 3.63) is 71.8 Å². The van der Waals surface area contributed by atoms with Gasteiger partial charge in [-0.25, -0.2) is 8.93 Å². The summed E-state index contributed by atoms with van der Waals surface area (Å²) < 4.78 is 57.2. The monoisotopic (exact) mass is 454 g/mol. The summed E-state index contributed by atoms with van der Waals surface area (Å²) in [6.07, 6.45) is -4.55.